The van der Waals surface area contributed by atoms with Gasteiger partial charge in [0.1, 0.15) is 59.5 Å². The third kappa shape index (κ3) is 5.21. The van der Waals surface area contributed by atoms with Gasteiger partial charge in [0.25, 0.3) is 0 Å². The number of aromatic nitrogens is 7. The number of phenolic OH excluding ortho intramolecular Hbond substituents is 1. The van der Waals surface area contributed by atoms with Crippen molar-refractivity contribution in [2.24, 2.45) is 0 Å². The Bertz CT molecular complexity index is 1750. The molecule has 232 valence electrons. The SMILES string of the molecule is COc1c(C)c2c(c(O)c1C/C=C(\C)Cn1cc(COC[C@H]3O[C@@H](n4cnc5c(N)ncnc54)[C@@H](O)[C@H]3O)nn1)C(=O)OC2. The molecule has 1 fully saturated rings. The van der Waals surface area contributed by atoms with E-state index in [4.69, 9.17) is 24.7 Å². The number of nitrogens with two attached hydrogens (primary N) is 1. The van der Waals surface area contributed by atoms with Crippen LogP contribution < -0.4 is 10.5 Å². The first-order valence-corrected chi connectivity index (χ1v) is 13.8. The molecular formula is C28H32N8O8. The van der Waals surface area contributed by atoms with Gasteiger partial charge in [0, 0.05) is 11.1 Å². The molecule has 44 heavy (non-hydrogen) atoms. The number of fused-ring (bicyclic) bond motifs is 2. The molecule has 1 saturated heterocycles. The zero-order valence-electron chi connectivity index (χ0n) is 24.2. The lowest BCUT2D eigenvalue weighted by Gasteiger charge is -2.16. The lowest BCUT2D eigenvalue weighted by atomic mass is 9.95. The fraction of sp³-hybridized carbons (Fsp3) is 0.429. The summed E-state index contributed by atoms with van der Waals surface area (Å²) in [7, 11) is 1.53. The van der Waals surface area contributed by atoms with E-state index >= 15 is 0 Å². The molecule has 0 amide bonds. The minimum absolute atomic E-state index is 0.0106. The van der Waals surface area contributed by atoms with Crippen molar-refractivity contribution in [2.75, 3.05) is 19.5 Å². The van der Waals surface area contributed by atoms with Crippen molar-refractivity contribution in [1.82, 2.24) is 34.5 Å². The van der Waals surface area contributed by atoms with Crippen LogP contribution >= 0.6 is 0 Å². The highest BCUT2D eigenvalue weighted by Crippen LogP contribution is 2.42. The van der Waals surface area contributed by atoms with Crippen molar-refractivity contribution in [2.45, 2.75) is 64.6 Å². The van der Waals surface area contributed by atoms with Crippen LogP contribution in [-0.2, 0) is 40.4 Å². The molecule has 2 aliphatic heterocycles. The van der Waals surface area contributed by atoms with Crippen molar-refractivity contribution in [3.8, 4) is 11.5 Å². The van der Waals surface area contributed by atoms with Crippen LogP contribution in [0.4, 0.5) is 5.82 Å². The Morgan fingerprint density at radius 3 is 2.86 bits per heavy atom. The Hall–Kier alpha value is -4.64. The number of nitrogens with zero attached hydrogens (tertiary/aromatic N) is 7. The van der Waals surface area contributed by atoms with Gasteiger partial charge in [-0.2, -0.15) is 0 Å². The molecule has 3 aromatic heterocycles. The molecule has 16 nitrogen and oxygen atoms in total. The number of rotatable bonds is 10. The summed E-state index contributed by atoms with van der Waals surface area (Å²) in [4.78, 5) is 24.4. The van der Waals surface area contributed by atoms with Crippen LogP contribution in [0.25, 0.3) is 11.2 Å². The summed E-state index contributed by atoms with van der Waals surface area (Å²) in [5.74, 6) is 0.0554. The minimum Gasteiger partial charge on any atom is -0.507 e. The molecule has 0 saturated carbocycles. The van der Waals surface area contributed by atoms with E-state index in [1.807, 2.05) is 19.9 Å². The Balaban J connectivity index is 1.04. The number of anilines is 1. The average molecular weight is 609 g/mol. The smallest absolute Gasteiger partial charge is 0.342 e. The number of phenols is 1. The number of hydrogen-bond acceptors (Lipinski definition) is 14. The summed E-state index contributed by atoms with van der Waals surface area (Å²) < 4.78 is 25.4. The van der Waals surface area contributed by atoms with E-state index in [1.165, 1.54) is 24.3 Å². The Morgan fingerprint density at radius 2 is 2.07 bits per heavy atom. The first-order chi connectivity index (χ1) is 21.2. The van der Waals surface area contributed by atoms with Crippen LogP contribution in [-0.4, -0.2) is 87.8 Å². The number of benzene rings is 1. The normalized spacial score (nSPS) is 21.7. The molecule has 1 aromatic carbocycles. The van der Waals surface area contributed by atoms with Gasteiger partial charge in [-0.3, -0.25) is 4.57 Å². The van der Waals surface area contributed by atoms with Crippen LogP contribution in [0.15, 0.2) is 30.5 Å². The number of hydrogen-bond donors (Lipinski definition) is 4. The summed E-state index contributed by atoms with van der Waals surface area (Å²) in [5, 5.41) is 40.3. The molecular weight excluding hydrogens is 576 g/mol. The Labute approximate surface area is 250 Å². The summed E-state index contributed by atoms with van der Waals surface area (Å²) in [6, 6.07) is 0. The number of aliphatic hydroxyl groups excluding tert-OH is 2. The number of methoxy groups -OCH3 is 1. The molecule has 0 aliphatic carbocycles. The van der Waals surface area contributed by atoms with E-state index < -0.39 is 30.5 Å². The highest BCUT2D eigenvalue weighted by atomic mass is 16.6. The van der Waals surface area contributed by atoms with Gasteiger partial charge < -0.3 is 40.0 Å². The number of esters is 1. The van der Waals surface area contributed by atoms with Crippen LogP contribution in [0.3, 0.4) is 0 Å². The van der Waals surface area contributed by atoms with E-state index in [-0.39, 0.29) is 37.0 Å². The average Bonchev–Trinajstić information content (AvgIpc) is 3.78. The number of ether oxygens (including phenoxy) is 4. The Morgan fingerprint density at radius 1 is 1.25 bits per heavy atom. The molecule has 0 unspecified atom stereocenters. The van der Waals surface area contributed by atoms with Gasteiger partial charge in [0.2, 0.25) is 0 Å². The summed E-state index contributed by atoms with van der Waals surface area (Å²) in [6.45, 7) is 4.38. The summed E-state index contributed by atoms with van der Waals surface area (Å²) in [6.07, 6.45) is 2.49. The predicted octanol–water partition coefficient (Wildman–Crippen LogP) is 0.718. The topological polar surface area (TPSA) is 215 Å². The van der Waals surface area contributed by atoms with Gasteiger partial charge >= 0.3 is 5.97 Å². The zero-order valence-corrected chi connectivity index (χ0v) is 24.2. The van der Waals surface area contributed by atoms with Crippen molar-refractivity contribution in [3.05, 3.63) is 58.4 Å². The molecule has 16 heteroatoms. The first kappa shape index (κ1) is 29.4. The number of aliphatic hydroxyl groups is 2. The van der Waals surface area contributed by atoms with Crippen molar-refractivity contribution in [1.29, 1.82) is 0 Å². The second-order valence-electron chi connectivity index (χ2n) is 10.7. The number of allylic oxidation sites excluding steroid dienone is 2. The largest absolute Gasteiger partial charge is 0.507 e. The molecule has 2 aliphatic rings. The number of imidazole rings is 1. The van der Waals surface area contributed by atoms with E-state index in [9.17, 15) is 20.1 Å². The summed E-state index contributed by atoms with van der Waals surface area (Å²) in [5.41, 5.74) is 10.2. The van der Waals surface area contributed by atoms with Crippen LogP contribution in [0.1, 0.15) is 45.9 Å². The van der Waals surface area contributed by atoms with Crippen molar-refractivity contribution < 1.29 is 39.1 Å². The Kier molecular flexibility index (Phi) is 7.89. The number of carbonyl (C=O) groups excluding carboxylic acids is 1. The van der Waals surface area contributed by atoms with Gasteiger partial charge in [-0.15, -0.1) is 5.10 Å². The highest BCUT2D eigenvalue weighted by Gasteiger charge is 2.44. The number of cyclic esters (lactones) is 1. The number of nitrogen functional groups attached to an aromatic ring is 1. The molecule has 0 bridgehead atoms. The van der Waals surface area contributed by atoms with Crippen LogP contribution in [0.2, 0.25) is 0 Å². The fourth-order valence-electron chi connectivity index (χ4n) is 5.54. The third-order valence-electron chi connectivity index (χ3n) is 7.83. The molecule has 5 heterocycles. The zero-order chi connectivity index (χ0) is 31.1. The van der Waals surface area contributed by atoms with Crippen molar-refractivity contribution in [3.63, 3.8) is 0 Å². The second-order valence-corrected chi connectivity index (χ2v) is 10.7. The fourth-order valence-corrected chi connectivity index (χ4v) is 5.54. The first-order valence-electron chi connectivity index (χ1n) is 13.8. The van der Waals surface area contributed by atoms with E-state index in [1.54, 1.807) is 10.9 Å². The maximum absolute atomic E-state index is 12.2. The predicted molar refractivity (Wildman–Crippen MR) is 151 cm³/mol. The van der Waals surface area contributed by atoms with Gasteiger partial charge in [-0.1, -0.05) is 16.9 Å². The van der Waals surface area contributed by atoms with Gasteiger partial charge in [0.05, 0.1) is 39.4 Å². The van der Waals surface area contributed by atoms with E-state index in [0.717, 1.165) is 11.1 Å². The van der Waals surface area contributed by atoms with Crippen molar-refractivity contribution >= 4 is 23.0 Å². The van der Waals surface area contributed by atoms with E-state index in [0.29, 0.717) is 46.7 Å². The molecule has 6 rings (SSSR count). The van der Waals surface area contributed by atoms with E-state index in [2.05, 4.69) is 25.3 Å². The second kappa shape index (κ2) is 11.8. The van der Waals surface area contributed by atoms with Crippen LogP contribution in [0.5, 0.6) is 11.5 Å². The highest BCUT2D eigenvalue weighted by molar-refractivity contribution is 5.98. The maximum atomic E-state index is 12.2. The standard InChI is InChI=1S/C28H32N8O8/c1-13(4-5-16-21(37)19-17(9-43-28(19)40)14(2)24(16)41-3)6-35-7-15(33-34-35)8-42-10-18-22(38)23(39)27(44-18)36-12-32-20-25(29)30-11-31-26(20)36/h4,7,11-12,18,22-23,27,37-39H,5-6,8-10H2,1-3H3,(H2,29,30,31)/b13-4+/t18-,22+,23+,27-/m1/s1. The molecule has 4 atom stereocenters. The minimum atomic E-state index is -1.25. The molecule has 4 aromatic rings. The maximum Gasteiger partial charge on any atom is 0.342 e. The number of aromatic hydroxyl groups is 1. The van der Waals surface area contributed by atoms with Gasteiger partial charge in [0.15, 0.2) is 17.7 Å². The van der Waals surface area contributed by atoms with Gasteiger partial charge in [-0.05, 0) is 25.8 Å². The van der Waals surface area contributed by atoms with Crippen LogP contribution in [0, 0.1) is 6.92 Å². The monoisotopic (exact) mass is 608 g/mol. The number of carbonyl (C=O) groups is 1. The molecule has 0 spiro atoms. The lowest BCUT2D eigenvalue weighted by Crippen LogP contribution is -2.33. The third-order valence-corrected chi connectivity index (χ3v) is 7.83. The molecule has 5 N–H and O–H groups in total. The molecule has 0 radical (unpaired) electrons. The summed E-state index contributed by atoms with van der Waals surface area (Å²) >= 11 is 0. The quantitative estimate of drug-likeness (QED) is 0.144. The lowest BCUT2D eigenvalue weighted by molar-refractivity contribution is -0.0686. The van der Waals surface area contributed by atoms with Gasteiger partial charge in [-0.25, -0.2) is 24.4 Å².